The van der Waals surface area contributed by atoms with E-state index in [9.17, 15) is 14.0 Å². The van der Waals surface area contributed by atoms with Crippen molar-refractivity contribution in [1.82, 2.24) is 20.1 Å². The highest BCUT2D eigenvalue weighted by Crippen LogP contribution is 2.31. The summed E-state index contributed by atoms with van der Waals surface area (Å²) in [5, 5.41) is 3.04. The van der Waals surface area contributed by atoms with Crippen molar-refractivity contribution in [1.29, 1.82) is 0 Å². The molecule has 4 rings (SSSR count). The highest BCUT2D eigenvalue weighted by atomic mass is 19.1. The minimum Gasteiger partial charge on any atom is -0.497 e. The minimum absolute atomic E-state index is 0.0413. The lowest BCUT2D eigenvalue weighted by Crippen LogP contribution is -2.49. The molecule has 1 N–H and O–H groups in total. The molecule has 2 saturated heterocycles. The van der Waals surface area contributed by atoms with E-state index in [-0.39, 0.29) is 17.6 Å². The number of benzene rings is 1. The summed E-state index contributed by atoms with van der Waals surface area (Å²) in [5.74, 6) is 0.150. The van der Waals surface area contributed by atoms with Gasteiger partial charge in [0.15, 0.2) is 0 Å². The van der Waals surface area contributed by atoms with Crippen LogP contribution in [0, 0.1) is 5.82 Å². The van der Waals surface area contributed by atoms with Gasteiger partial charge in [0, 0.05) is 69.6 Å². The zero-order valence-corrected chi connectivity index (χ0v) is 19.1. The molecule has 2 fully saturated rings. The van der Waals surface area contributed by atoms with Crippen molar-refractivity contribution < 1.29 is 18.7 Å². The van der Waals surface area contributed by atoms with E-state index in [0.29, 0.717) is 56.5 Å². The minimum atomic E-state index is -0.593. The van der Waals surface area contributed by atoms with Crippen molar-refractivity contribution in [2.75, 3.05) is 33.3 Å². The van der Waals surface area contributed by atoms with Gasteiger partial charge < -0.3 is 15.0 Å². The molecule has 8 heteroatoms. The standard InChI is InChI=1S/C25H31FN4O3/c1-33-21-5-4-20(22(26)15-21)16-25(8-6-23(31)28-25)9-7-24(32)30-13-11-29(12-14-30)18-19-3-2-10-27-17-19/h2-5,10,15,17H,6-9,11-14,16,18H2,1H3,(H,28,31)/t25-/m0/s1. The molecule has 0 saturated carbocycles. The Bertz CT molecular complexity index is 979. The first kappa shape index (κ1) is 23.2. The van der Waals surface area contributed by atoms with Crippen molar-refractivity contribution in [3.05, 3.63) is 59.7 Å². The largest absolute Gasteiger partial charge is 0.497 e. The second-order valence-corrected chi connectivity index (χ2v) is 8.98. The number of nitrogens with one attached hydrogen (secondary N) is 1. The summed E-state index contributed by atoms with van der Waals surface area (Å²) in [6, 6.07) is 8.77. The van der Waals surface area contributed by atoms with E-state index in [1.165, 1.54) is 18.7 Å². The fourth-order valence-electron chi connectivity index (χ4n) is 4.75. The number of halogens is 1. The number of hydrogen-bond donors (Lipinski definition) is 1. The van der Waals surface area contributed by atoms with Crippen molar-refractivity contribution >= 4 is 11.8 Å². The Morgan fingerprint density at radius 3 is 2.70 bits per heavy atom. The van der Waals surface area contributed by atoms with Gasteiger partial charge in [0.2, 0.25) is 11.8 Å². The lowest BCUT2D eigenvalue weighted by molar-refractivity contribution is -0.133. The highest BCUT2D eigenvalue weighted by molar-refractivity contribution is 5.80. The number of pyridine rings is 1. The maximum absolute atomic E-state index is 14.6. The smallest absolute Gasteiger partial charge is 0.222 e. The van der Waals surface area contributed by atoms with Crippen LogP contribution in [0.5, 0.6) is 5.75 Å². The molecule has 2 aliphatic rings. The van der Waals surface area contributed by atoms with Crippen LogP contribution in [0.4, 0.5) is 4.39 Å². The van der Waals surface area contributed by atoms with Crippen LogP contribution in [-0.2, 0) is 22.6 Å². The number of hydrogen-bond acceptors (Lipinski definition) is 5. The first-order valence-electron chi connectivity index (χ1n) is 11.5. The first-order chi connectivity index (χ1) is 16.0. The number of methoxy groups -OCH3 is 1. The molecule has 0 unspecified atom stereocenters. The Labute approximate surface area is 193 Å². The predicted molar refractivity (Wildman–Crippen MR) is 122 cm³/mol. The lowest BCUT2D eigenvalue weighted by Gasteiger charge is -2.36. The fourth-order valence-corrected chi connectivity index (χ4v) is 4.75. The third-order valence-corrected chi connectivity index (χ3v) is 6.70. The van der Waals surface area contributed by atoms with E-state index in [1.807, 2.05) is 17.2 Å². The number of piperazine rings is 1. The summed E-state index contributed by atoms with van der Waals surface area (Å²) in [5.41, 5.74) is 1.10. The van der Waals surface area contributed by atoms with Crippen molar-refractivity contribution in [2.24, 2.45) is 0 Å². The molecule has 7 nitrogen and oxygen atoms in total. The first-order valence-corrected chi connectivity index (χ1v) is 11.5. The van der Waals surface area contributed by atoms with Gasteiger partial charge in [-0.3, -0.25) is 19.5 Å². The molecule has 1 aromatic heterocycles. The van der Waals surface area contributed by atoms with Gasteiger partial charge in [0.1, 0.15) is 11.6 Å². The Hall–Kier alpha value is -3.00. The third-order valence-electron chi connectivity index (χ3n) is 6.70. The van der Waals surface area contributed by atoms with Gasteiger partial charge >= 0.3 is 0 Å². The number of amides is 2. The average Bonchev–Trinajstić information content (AvgIpc) is 3.20. The topological polar surface area (TPSA) is 74.8 Å². The molecule has 0 radical (unpaired) electrons. The molecular weight excluding hydrogens is 423 g/mol. The Morgan fingerprint density at radius 2 is 2.06 bits per heavy atom. The summed E-state index contributed by atoms with van der Waals surface area (Å²) in [4.78, 5) is 33.4. The van der Waals surface area contributed by atoms with E-state index in [4.69, 9.17) is 4.74 Å². The summed E-state index contributed by atoms with van der Waals surface area (Å²) >= 11 is 0. The molecule has 2 aromatic rings. The summed E-state index contributed by atoms with van der Waals surface area (Å²) in [6.07, 6.45) is 5.84. The van der Waals surface area contributed by atoms with Crippen molar-refractivity contribution in [3.8, 4) is 5.75 Å². The van der Waals surface area contributed by atoms with Crippen LogP contribution >= 0.6 is 0 Å². The van der Waals surface area contributed by atoms with Gasteiger partial charge in [-0.1, -0.05) is 12.1 Å². The van der Waals surface area contributed by atoms with Crippen LogP contribution in [0.3, 0.4) is 0 Å². The summed E-state index contributed by atoms with van der Waals surface area (Å²) < 4.78 is 19.6. The highest BCUT2D eigenvalue weighted by Gasteiger charge is 2.39. The van der Waals surface area contributed by atoms with E-state index in [2.05, 4.69) is 21.3 Å². The normalized spacial score (nSPS) is 21.2. The second kappa shape index (κ2) is 10.3. The number of aromatic nitrogens is 1. The number of carbonyl (C=O) groups is 2. The zero-order chi connectivity index (χ0) is 23.3. The molecule has 0 bridgehead atoms. The zero-order valence-electron chi connectivity index (χ0n) is 19.1. The summed E-state index contributed by atoms with van der Waals surface area (Å²) in [6.45, 7) is 3.84. The predicted octanol–water partition coefficient (Wildman–Crippen LogP) is 2.55. The quantitative estimate of drug-likeness (QED) is 0.664. The van der Waals surface area contributed by atoms with Crippen LogP contribution in [0.1, 0.15) is 36.8 Å². The van der Waals surface area contributed by atoms with Crippen LogP contribution in [0.2, 0.25) is 0 Å². The van der Waals surface area contributed by atoms with Gasteiger partial charge in [-0.15, -0.1) is 0 Å². The second-order valence-electron chi connectivity index (χ2n) is 8.98. The molecule has 1 aromatic carbocycles. The van der Waals surface area contributed by atoms with Gasteiger partial charge in [0.05, 0.1) is 7.11 Å². The molecule has 1 atom stereocenters. The van der Waals surface area contributed by atoms with E-state index in [1.54, 1.807) is 18.3 Å². The van der Waals surface area contributed by atoms with Gasteiger partial charge in [0.25, 0.3) is 0 Å². The maximum Gasteiger partial charge on any atom is 0.222 e. The molecule has 33 heavy (non-hydrogen) atoms. The van der Waals surface area contributed by atoms with Gasteiger partial charge in [-0.05, 0) is 42.5 Å². The monoisotopic (exact) mass is 454 g/mol. The van der Waals surface area contributed by atoms with E-state index >= 15 is 0 Å². The lowest BCUT2D eigenvalue weighted by atomic mass is 9.84. The van der Waals surface area contributed by atoms with Crippen molar-refractivity contribution in [3.63, 3.8) is 0 Å². The number of rotatable bonds is 8. The van der Waals surface area contributed by atoms with Crippen LogP contribution in [-0.4, -0.2) is 65.4 Å². The Morgan fingerprint density at radius 1 is 1.24 bits per heavy atom. The fraction of sp³-hybridized carbons (Fsp3) is 0.480. The van der Waals surface area contributed by atoms with E-state index < -0.39 is 5.54 Å². The summed E-state index contributed by atoms with van der Waals surface area (Å²) in [7, 11) is 1.50. The number of carbonyl (C=O) groups excluding carboxylic acids is 2. The van der Waals surface area contributed by atoms with Crippen LogP contribution in [0.25, 0.3) is 0 Å². The SMILES string of the molecule is COc1ccc(C[C@@]2(CCC(=O)N3CCN(Cc4cccnc4)CC3)CCC(=O)N2)c(F)c1. The van der Waals surface area contributed by atoms with E-state index in [0.717, 1.165) is 19.6 Å². The molecule has 2 aliphatic heterocycles. The van der Waals surface area contributed by atoms with Crippen LogP contribution in [0.15, 0.2) is 42.7 Å². The van der Waals surface area contributed by atoms with Crippen molar-refractivity contribution in [2.45, 2.75) is 44.2 Å². The third kappa shape index (κ3) is 5.87. The Kier molecular flexibility index (Phi) is 7.23. The number of nitrogens with zero attached hydrogens (tertiary/aromatic N) is 3. The van der Waals surface area contributed by atoms with Gasteiger partial charge in [-0.2, -0.15) is 0 Å². The maximum atomic E-state index is 14.6. The molecular formula is C25H31FN4O3. The molecule has 176 valence electrons. The Balaban J connectivity index is 1.32. The van der Waals surface area contributed by atoms with Gasteiger partial charge in [-0.25, -0.2) is 4.39 Å². The molecule has 2 amide bonds. The molecule has 0 spiro atoms. The average molecular weight is 455 g/mol. The number of ether oxygens (including phenoxy) is 1. The molecule has 3 heterocycles. The molecule has 0 aliphatic carbocycles. The van der Waals surface area contributed by atoms with Crippen LogP contribution < -0.4 is 10.1 Å².